The molecule has 0 saturated heterocycles. The Labute approximate surface area is 176 Å². The van der Waals surface area contributed by atoms with Gasteiger partial charge in [0.25, 0.3) is 0 Å². The maximum absolute atomic E-state index is 13.4. The lowest BCUT2D eigenvalue weighted by molar-refractivity contribution is 0.0646. The van der Waals surface area contributed by atoms with E-state index < -0.39 is 11.4 Å². The molecule has 1 heterocycles. The summed E-state index contributed by atoms with van der Waals surface area (Å²) in [6.07, 6.45) is 3.10. The van der Waals surface area contributed by atoms with Crippen LogP contribution < -0.4 is 15.5 Å². The summed E-state index contributed by atoms with van der Waals surface area (Å²) in [4.78, 5) is 22.9. The third kappa shape index (κ3) is 6.93. The van der Waals surface area contributed by atoms with Crippen LogP contribution in [0.5, 0.6) is 0 Å². The Balaban J connectivity index is 2.25. The summed E-state index contributed by atoms with van der Waals surface area (Å²) in [5.74, 6) is 0.182. The molecule has 2 rings (SSSR count). The average Bonchev–Trinajstić information content (AvgIpc) is 2.69. The molecule has 1 atom stereocenters. The first-order chi connectivity index (χ1) is 14.2. The number of carbonyl (C=O) groups is 1. The summed E-state index contributed by atoms with van der Waals surface area (Å²) in [5, 5.41) is 16.0. The fourth-order valence-corrected chi connectivity index (χ4v) is 2.50. The standard InChI is InChI=1S/C21H30FN5O3/c1-15(21(2,3)29)25-19-23-13-11-18(26-19)27(17-9-7-16(22)8-10-17)20(28)24-12-5-6-14-30-4/h7-11,13,15,29H,5-6,12,14H2,1-4H3,(H,24,28)(H,23,25,26). The van der Waals surface area contributed by atoms with E-state index in [4.69, 9.17) is 4.74 Å². The Hall–Kier alpha value is -2.78. The van der Waals surface area contributed by atoms with Gasteiger partial charge in [0.05, 0.1) is 17.3 Å². The number of hydrogen-bond acceptors (Lipinski definition) is 6. The molecule has 0 radical (unpaired) electrons. The van der Waals surface area contributed by atoms with Crippen LogP contribution in [0.2, 0.25) is 0 Å². The van der Waals surface area contributed by atoms with Crippen molar-refractivity contribution in [2.75, 3.05) is 30.5 Å². The summed E-state index contributed by atoms with van der Waals surface area (Å²) in [6, 6.07) is 6.45. The minimum absolute atomic E-state index is 0.266. The summed E-state index contributed by atoms with van der Waals surface area (Å²) >= 11 is 0. The SMILES string of the molecule is COCCCCNC(=O)N(c1ccc(F)cc1)c1ccnc(NC(C)C(C)(C)O)n1. The second-order valence-electron chi connectivity index (χ2n) is 7.50. The molecule has 9 heteroatoms. The van der Waals surface area contributed by atoms with E-state index in [0.717, 1.165) is 12.8 Å². The molecule has 1 aromatic carbocycles. The zero-order valence-corrected chi connectivity index (χ0v) is 17.9. The van der Waals surface area contributed by atoms with E-state index in [9.17, 15) is 14.3 Å². The molecule has 0 fully saturated rings. The first kappa shape index (κ1) is 23.5. The number of benzene rings is 1. The molecule has 0 aliphatic carbocycles. The van der Waals surface area contributed by atoms with Crippen molar-refractivity contribution in [1.82, 2.24) is 15.3 Å². The molecule has 164 valence electrons. The van der Waals surface area contributed by atoms with Crippen molar-refractivity contribution in [2.45, 2.75) is 45.3 Å². The fraction of sp³-hybridized carbons (Fsp3) is 0.476. The molecule has 0 aliphatic heterocycles. The normalized spacial score (nSPS) is 12.3. The molecular formula is C21H30FN5O3. The molecular weight excluding hydrogens is 389 g/mol. The molecule has 8 nitrogen and oxygen atoms in total. The molecule has 1 unspecified atom stereocenters. The van der Waals surface area contributed by atoms with Crippen LogP contribution in [0, 0.1) is 5.82 Å². The summed E-state index contributed by atoms with van der Waals surface area (Å²) in [5.41, 5.74) is -0.527. The largest absolute Gasteiger partial charge is 0.388 e. The minimum atomic E-state index is -0.990. The van der Waals surface area contributed by atoms with Crippen LogP contribution in [-0.2, 0) is 4.74 Å². The molecule has 1 aromatic heterocycles. The highest BCUT2D eigenvalue weighted by atomic mass is 19.1. The monoisotopic (exact) mass is 419 g/mol. The molecule has 0 aliphatic rings. The highest BCUT2D eigenvalue weighted by molar-refractivity contribution is 5.98. The Kier molecular flexibility index (Phi) is 8.49. The van der Waals surface area contributed by atoms with E-state index in [2.05, 4.69) is 20.6 Å². The molecule has 2 aromatic rings. The van der Waals surface area contributed by atoms with Crippen molar-refractivity contribution in [1.29, 1.82) is 0 Å². The van der Waals surface area contributed by atoms with Crippen molar-refractivity contribution in [3.8, 4) is 0 Å². The van der Waals surface area contributed by atoms with Gasteiger partial charge in [0, 0.05) is 32.5 Å². The number of hydrogen-bond donors (Lipinski definition) is 3. The summed E-state index contributed by atoms with van der Waals surface area (Å²) in [7, 11) is 1.63. The first-order valence-electron chi connectivity index (χ1n) is 9.87. The van der Waals surface area contributed by atoms with Gasteiger partial charge in [-0.2, -0.15) is 4.98 Å². The lowest BCUT2D eigenvalue weighted by Crippen LogP contribution is -2.40. The van der Waals surface area contributed by atoms with Gasteiger partial charge in [0.15, 0.2) is 0 Å². The van der Waals surface area contributed by atoms with Crippen LogP contribution in [0.1, 0.15) is 33.6 Å². The Morgan fingerprint density at radius 3 is 2.60 bits per heavy atom. The zero-order chi connectivity index (χ0) is 22.1. The highest BCUT2D eigenvalue weighted by Gasteiger charge is 2.24. The number of amides is 2. The first-order valence-corrected chi connectivity index (χ1v) is 9.87. The number of rotatable bonds is 10. The number of carbonyl (C=O) groups excluding carboxylic acids is 1. The third-order valence-corrected chi connectivity index (χ3v) is 4.61. The predicted molar refractivity (Wildman–Crippen MR) is 114 cm³/mol. The second-order valence-corrected chi connectivity index (χ2v) is 7.50. The van der Waals surface area contributed by atoms with E-state index in [-0.39, 0.29) is 18.0 Å². The molecule has 30 heavy (non-hydrogen) atoms. The maximum Gasteiger partial charge on any atom is 0.327 e. The van der Waals surface area contributed by atoms with Crippen molar-refractivity contribution in [3.63, 3.8) is 0 Å². The van der Waals surface area contributed by atoms with E-state index in [1.807, 2.05) is 0 Å². The number of nitrogens with one attached hydrogen (secondary N) is 2. The van der Waals surface area contributed by atoms with Crippen LogP contribution >= 0.6 is 0 Å². The van der Waals surface area contributed by atoms with Crippen LogP contribution in [0.25, 0.3) is 0 Å². The Morgan fingerprint density at radius 2 is 1.97 bits per heavy atom. The predicted octanol–water partition coefficient (Wildman–Crippen LogP) is 3.46. The number of nitrogens with zero attached hydrogens (tertiary/aromatic N) is 3. The second kappa shape index (κ2) is 10.8. The van der Waals surface area contributed by atoms with Gasteiger partial charge in [-0.25, -0.2) is 19.1 Å². The van der Waals surface area contributed by atoms with Crippen molar-refractivity contribution < 1.29 is 19.0 Å². The number of methoxy groups -OCH3 is 1. The number of urea groups is 1. The van der Waals surface area contributed by atoms with Gasteiger partial charge in [-0.1, -0.05) is 0 Å². The smallest absolute Gasteiger partial charge is 0.327 e. The zero-order valence-electron chi connectivity index (χ0n) is 17.9. The molecule has 3 N–H and O–H groups in total. The topological polar surface area (TPSA) is 99.6 Å². The molecule has 2 amide bonds. The third-order valence-electron chi connectivity index (χ3n) is 4.61. The van der Waals surface area contributed by atoms with Gasteiger partial charge in [0.1, 0.15) is 11.6 Å². The lowest BCUT2D eigenvalue weighted by atomic mass is 10.0. The number of aromatic nitrogens is 2. The average molecular weight is 420 g/mol. The van der Waals surface area contributed by atoms with Gasteiger partial charge >= 0.3 is 6.03 Å². The van der Waals surface area contributed by atoms with Crippen molar-refractivity contribution in [3.05, 3.63) is 42.3 Å². The van der Waals surface area contributed by atoms with Crippen LogP contribution in [0.4, 0.5) is 26.6 Å². The number of unbranched alkanes of at least 4 members (excludes halogenated alkanes) is 1. The number of anilines is 3. The van der Waals surface area contributed by atoms with Gasteiger partial charge in [-0.05, 0) is 57.9 Å². The maximum atomic E-state index is 13.4. The van der Waals surface area contributed by atoms with E-state index in [1.54, 1.807) is 33.9 Å². The van der Waals surface area contributed by atoms with E-state index in [1.165, 1.54) is 35.4 Å². The van der Waals surface area contributed by atoms with Gasteiger partial charge < -0.3 is 20.5 Å². The van der Waals surface area contributed by atoms with Crippen LogP contribution in [0.3, 0.4) is 0 Å². The Morgan fingerprint density at radius 1 is 1.27 bits per heavy atom. The van der Waals surface area contributed by atoms with Gasteiger partial charge in [-0.15, -0.1) is 0 Å². The highest BCUT2D eigenvalue weighted by Crippen LogP contribution is 2.25. The summed E-state index contributed by atoms with van der Waals surface area (Å²) in [6.45, 7) is 6.25. The van der Waals surface area contributed by atoms with Crippen molar-refractivity contribution in [2.24, 2.45) is 0 Å². The Bertz CT molecular complexity index is 811. The fourth-order valence-electron chi connectivity index (χ4n) is 2.50. The minimum Gasteiger partial charge on any atom is -0.388 e. The van der Waals surface area contributed by atoms with Crippen LogP contribution in [-0.4, -0.2) is 53.0 Å². The van der Waals surface area contributed by atoms with Crippen molar-refractivity contribution >= 4 is 23.5 Å². The van der Waals surface area contributed by atoms with Gasteiger partial charge in [0.2, 0.25) is 5.95 Å². The van der Waals surface area contributed by atoms with E-state index in [0.29, 0.717) is 24.7 Å². The van der Waals surface area contributed by atoms with Crippen LogP contribution in [0.15, 0.2) is 36.5 Å². The lowest BCUT2D eigenvalue weighted by Gasteiger charge is -2.27. The number of aliphatic hydroxyl groups is 1. The quantitative estimate of drug-likeness (QED) is 0.510. The summed E-state index contributed by atoms with van der Waals surface area (Å²) < 4.78 is 18.4. The molecule has 0 spiro atoms. The van der Waals surface area contributed by atoms with E-state index >= 15 is 0 Å². The number of ether oxygens (including phenoxy) is 1. The molecule has 0 saturated carbocycles. The van der Waals surface area contributed by atoms with Gasteiger partial charge in [-0.3, -0.25) is 0 Å². The number of halogens is 1. The molecule has 0 bridgehead atoms.